The molecule has 0 spiro atoms. The Morgan fingerprint density at radius 2 is 2.10 bits per heavy atom. The van der Waals surface area contributed by atoms with Crippen molar-refractivity contribution in [1.82, 2.24) is 4.90 Å². The first-order valence-electron chi connectivity index (χ1n) is 7.37. The van der Waals surface area contributed by atoms with Crippen LogP contribution in [-0.2, 0) is 11.4 Å². The Labute approximate surface area is 126 Å². The summed E-state index contributed by atoms with van der Waals surface area (Å²) in [6, 6.07) is 5.16. The second-order valence-corrected chi connectivity index (χ2v) is 5.17. The van der Waals surface area contributed by atoms with Crippen molar-refractivity contribution in [2.45, 2.75) is 39.3 Å². The number of aliphatic hydroxyl groups excluding tert-OH is 1. The van der Waals surface area contributed by atoms with Crippen molar-refractivity contribution in [3.8, 4) is 5.75 Å². The van der Waals surface area contributed by atoms with Gasteiger partial charge in [0.1, 0.15) is 5.75 Å². The first kappa shape index (κ1) is 17.5. The summed E-state index contributed by atoms with van der Waals surface area (Å²) in [5.74, 6) is 0.616. The topological polar surface area (TPSA) is 61.8 Å². The third-order valence-corrected chi connectivity index (χ3v) is 3.29. The van der Waals surface area contributed by atoms with Crippen molar-refractivity contribution in [2.24, 2.45) is 0 Å². The third kappa shape index (κ3) is 5.02. The Morgan fingerprint density at radius 3 is 2.62 bits per heavy atom. The lowest BCUT2D eigenvalue weighted by molar-refractivity contribution is -0.120. The van der Waals surface area contributed by atoms with Gasteiger partial charge in [0.15, 0.2) is 0 Å². The van der Waals surface area contributed by atoms with Gasteiger partial charge in [-0.3, -0.25) is 9.69 Å². The smallest absolute Gasteiger partial charge is 0.241 e. The Bertz CT molecular complexity index is 461. The maximum Gasteiger partial charge on any atom is 0.241 e. The maximum absolute atomic E-state index is 12.3. The fourth-order valence-corrected chi connectivity index (χ4v) is 2.20. The van der Waals surface area contributed by atoms with Crippen LogP contribution in [0.1, 0.15) is 32.3 Å². The molecule has 0 heterocycles. The predicted molar refractivity (Wildman–Crippen MR) is 84.5 cm³/mol. The second-order valence-electron chi connectivity index (χ2n) is 5.17. The third-order valence-electron chi connectivity index (χ3n) is 3.29. The van der Waals surface area contributed by atoms with E-state index in [4.69, 9.17) is 4.74 Å². The number of hydrogen-bond donors (Lipinski definition) is 2. The highest BCUT2D eigenvalue weighted by Crippen LogP contribution is 2.23. The van der Waals surface area contributed by atoms with E-state index in [2.05, 4.69) is 12.2 Å². The van der Waals surface area contributed by atoms with E-state index in [1.165, 1.54) is 0 Å². The lowest BCUT2D eigenvalue weighted by Crippen LogP contribution is -2.39. The molecular weight excluding hydrogens is 268 g/mol. The number of benzene rings is 1. The summed E-state index contributed by atoms with van der Waals surface area (Å²) in [6.45, 7) is 4.37. The van der Waals surface area contributed by atoms with Gasteiger partial charge < -0.3 is 15.2 Å². The van der Waals surface area contributed by atoms with E-state index < -0.39 is 0 Å². The average Bonchev–Trinajstić information content (AvgIpc) is 2.46. The van der Waals surface area contributed by atoms with Crippen molar-refractivity contribution < 1.29 is 14.6 Å². The quantitative estimate of drug-likeness (QED) is 0.772. The predicted octanol–water partition coefficient (Wildman–Crippen LogP) is 2.25. The summed E-state index contributed by atoms with van der Waals surface area (Å²) in [6.07, 6.45) is 1.75. The highest BCUT2D eigenvalue weighted by atomic mass is 16.5. The highest BCUT2D eigenvalue weighted by molar-refractivity contribution is 5.94. The Balaban J connectivity index is 2.84. The standard InChI is InChI=1S/C16H26N2O3/c1-5-7-14(18(3)4)16(20)17-13-8-9-15(21-6-2)12(10-13)11-19/h8-10,14,19H,5-7,11H2,1-4H3,(H,17,20). The molecule has 118 valence electrons. The van der Waals surface area contributed by atoms with Crippen molar-refractivity contribution in [3.05, 3.63) is 23.8 Å². The summed E-state index contributed by atoms with van der Waals surface area (Å²) in [4.78, 5) is 14.2. The molecule has 0 aliphatic carbocycles. The molecule has 5 heteroatoms. The van der Waals surface area contributed by atoms with E-state index in [0.29, 0.717) is 23.6 Å². The number of amides is 1. The van der Waals surface area contributed by atoms with Gasteiger partial charge in [-0.15, -0.1) is 0 Å². The number of nitrogens with one attached hydrogen (secondary N) is 1. The van der Waals surface area contributed by atoms with E-state index in [9.17, 15) is 9.90 Å². The fraction of sp³-hybridized carbons (Fsp3) is 0.562. The first-order valence-corrected chi connectivity index (χ1v) is 7.37. The van der Waals surface area contributed by atoms with Crippen LogP contribution in [0.25, 0.3) is 0 Å². The van der Waals surface area contributed by atoms with E-state index >= 15 is 0 Å². The molecule has 1 unspecified atom stereocenters. The molecule has 0 saturated carbocycles. The van der Waals surface area contributed by atoms with Crippen LogP contribution in [0, 0.1) is 0 Å². The van der Waals surface area contributed by atoms with E-state index in [1.54, 1.807) is 18.2 Å². The van der Waals surface area contributed by atoms with Gasteiger partial charge in [-0.05, 0) is 45.6 Å². The summed E-state index contributed by atoms with van der Waals surface area (Å²) < 4.78 is 5.43. The minimum Gasteiger partial charge on any atom is -0.494 e. The van der Waals surface area contributed by atoms with Gasteiger partial charge in [0.2, 0.25) is 5.91 Å². The lowest BCUT2D eigenvalue weighted by atomic mass is 10.1. The summed E-state index contributed by atoms with van der Waals surface area (Å²) in [5.41, 5.74) is 1.35. The van der Waals surface area contributed by atoms with Gasteiger partial charge in [-0.1, -0.05) is 13.3 Å². The maximum atomic E-state index is 12.3. The number of likely N-dealkylation sites (N-methyl/N-ethyl adjacent to an activating group) is 1. The molecule has 1 amide bonds. The zero-order valence-corrected chi connectivity index (χ0v) is 13.3. The largest absolute Gasteiger partial charge is 0.494 e. The molecule has 0 radical (unpaired) electrons. The Morgan fingerprint density at radius 1 is 1.38 bits per heavy atom. The van der Waals surface area contributed by atoms with Crippen LogP contribution in [0.2, 0.25) is 0 Å². The summed E-state index contributed by atoms with van der Waals surface area (Å²) in [5, 5.41) is 12.3. The van der Waals surface area contributed by atoms with Crippen molar-refractivity contribution in [1.29, 1.82) is 0 Å². The molecule has 1 rings (SSSR count). The molecule has 21 heavy (non-hydrogen) atoms. The second kappa shape index (κ2) is 8.64. The van der Waals surface area contributed by atoms with Gasteiger partial charge in [-0.25, -0.2) is 0 Å². The molecule has 2 N–H and O–H groups in total. The summed E-state index contributed by atoms with van der Waals surface area (Å²) in [7, 11) is 3.80. The molecule has 0 aromatic heterocycles. The number of carbonyl (C=O) groups is 1. The molecule has 1 aromatic rings. The monoisotopic (exact) mass is 294 g/mol. The fourth-order valence-electron chi connectivity index (χ4n) is 2.20. The summed E-state index contributed by atoms with van der Waals surface area (Å²) >= 11 is 0. The average molecular weight is 294 g/mol. The molecule has 0 aliphatic heterocycles. The minimum atomic E-state index is -0.154. The van der Waals surface area contributed by atoms with Gasteiger partial charge in [0, 0.05) is 11.3 Å². The first-order chi connectivity index (χ1) is 10.0. The van der Waals surface area contributed by atoms with Crippen LogP contribution in [0.4, 0.5) is 5.69 Å². The number of anilines is 1. The lowest BCUT2D eigenvalue weighted by Gasteiger charge is -2.23. The van der Waals surface area contributed by atoms with Gasteiger partial charge in [0.05, 0.1) is 19.3 Å². The van der Waals surface area contributed by atoms with Gasteiger partial charge in [0.25, 0.3) is 0 Å². The number of ether oxygens (including phenoxy) is 1. The number of nitrogens with zero attached hydrogens (tertiary/aromatic N) is 1. The number of rotatable bonds is 8. The van der Waals surface area contributed by atoms with Crippen LogP contribution >= 0.6 is 0 Å². The molecule has 0 saturated heterocycles. The normalized spacial score (nSPS) is 12.3. The van der Waals surface area contributed by atoms with Crippen molar-refractivity contribution >= 4 is 11.6 Å². The highest BCUT2D eigenvalue weighted by Gasteiger charge is 2.20. The zero-order valence-electron chi connectivity index (χ0n) is 13.3. The van der Waals surface area contributed by atoms with Gasteiger partial charge in [-0.2, -0.15) is 0 Å². The molecule has 0 aliphatic rings. The number of hydrogen-bond acceptors (Lipinski definition) is 4. The SMILES string of the molecule is CCCC(C(=O)Nc1ccc(OCC)c(CO)c1)N(C)C. The van der Waals surface area contributed by atoms with Crippen LogP contribution in [0.3, 0.4) is 0 Å². The molecule has 0 bridgehead atoms. The van der Waals surface area contributed by atoms with Crippen LogP contribution in [-0.4, -0.2) is 42.7 Å². The molecule has 5 nitrogen and oxygen atoms in total. The number of aliphatic hydroxyl groups is 1. The van der Waals surface area contributed by atoms with Gasteiger partial charge >= 0.3 is 0 Å². The Kier molecular flexibility index (Phi) is 7.19. The Hall–Kier alpha value is -1.59. The minimum absolute atomic E-state index is 0.0325. The van der Waals surface area contributed by atoms with Crippen molar-refractivity contribution in [2.75, 3.05) is 26.0 Å². The van der Waals surface area contributed by atoms with E-state index in [-0.39, 0.29) is 18.6 Å². The van der Waals surface area contributed by atoms with Crippen LogP contribution in [0.15, 0.2) is 18.2 Å². The molecule has 1 atom stereocenters. The van der Waals surface area contributed by atoms with E-state index in [1.807, 2.05) is 25.9 Å². The molecular formula is C16H26N2O3. The molecule has 1 aromatic carbocycles. The van der Waals surface area contributed by atoms with Crippen LogP contribution < -0.4 is 10.1 Å². The van der Waals surface area contributed by atoms with E-state index in [0.717, 1.165) is 12.8 Å². The van der Waals surface area contributed by atoms with Crippen LogP contribution in [0.5, 0.6) is 5.75 Å². The number of carbonyl (C=O) groups excluding carboxylic acids is 1. The molecule has 0 fully saturated rings. The zero-order chi connectivity index (χ0) is 15.8. The van der Waals surface area contributed by atoms with Crippen molar-refractivity contribution in [3.63, 3.8) is 0 Å².